The van der Waals surface area contributed by atoms with E-state index in [0.29, 0.717) is 0 Å². The Morgan fingerprint density at radius 3 is 1.00 bits per heavy atom. The first-order chi connectivity index (χ1) is 8.45. The number of sulfone groups is 2. The Kier molecular flexibility index (Phi) is 3.66. The minimum Gasteiger partial charge on any atom is -1.00 e. The van der Waals surface area contributed by atoms with Gasteiger partial charge in [-0.3, -0.25) is 0 Å². The van der Waals surface area contributed by atoms with Gasteiger partial charge in [0.15, 0.2) is 0 Å². The third-order valence-electron chi connectivity index (χ3n) is 2.86. The molecule has 0 aromatic heterocycles. The molecule has 0 N–H and O–H groups in total. The molecule has 0 saturated carbocycles. The molecule has 94 valence electrons. The first kappa shape index (κ1) is 14.7. The Morgan fingerprint density at radius 2 is 0.789 bits per heavy atom. The van der Waals surface area contributed by atoms with Gasteiger partial charge in [0.2, 0.25) is 19.7 Å². The van der Waals surface area contributed by atoms with E-state index in [1.807, 2.05) is 0 Å². The zero-order valence-corrected chi connectivity index (χ0v) is 13.7. The largest absolute Gasteiger partial charge is 1.00 e. The Morgan fingerprint density at radius 1 is 0.579 bits per heavy atom. The predicted octanol–water partition coefficient (Wildman–Crippen LogP) is -1.22. The van der Waals surface area contributed by atoms with Crippen LogP contribution in [0, 0.1) is 0 Å². The van der Waals surface area contributed by atoms with Crippen LogP contribution in [0.15, 0.2) is 68.1 Å². The molecule has 0 bridgehead atoms. The molecule has 0 unspecified atom stereocenters. The van der Waals surface area contributed by atoms with Crippen molar-refractivity contribution < 1.29 is 47.8 Å². The maximum atomic E-state index is 12.3. The van der Waals surface area contributed by atoms with Gasteiger partial charge in [0, 0.05) is 0 Å². The maximum absolute atomic E-state index is 12.3. The molecule has 1 heterocycles. The predicted molar refractivity (Wildman–Crippen MR) is 64.9 cm³/mol. The second kappa shape index (κ2) is 4.71. The van der Waals surface area contributed by atoms with E-state index < -0.39 is 19.7 Å². The molecular weight excluding hydrogens is 295 g/mol. The summed E-state index contributed by atoms with van der Waals surface area (Å²) in [6.45, 7) is 0. The Labute approximate surface area is 135 Å². The third-order valence-corrected chi connectivity index (χ3v) is 6.85. The van der Waals surface area contributed by atoms with Gasteiger partial charge in [0.05, 0.1) is 19.6 Å². The second-order valence-electron chi connectivity index (χ2n) is 3.90. The first-order valence-corrected chi connectivity index (χ1v) is 8.10. The van der Waals surface area contributed by atoms with Gasteiger partial charge in [-0.05, 0) is 24.3 Å². The van der Waals surface area contributed by atoms with Gasteiger partial charge >= 0.3 is 29.6 Å². The number of hydrogen-bond donors (Lipinski definition) is 0. The van der Waals surface area contributed by atoms with Crippen LogP contribution in [0.4, 0.5) is 0 Å². The molecule has 0 amide bonds. The van der Waals surface area contributed by atoms with Crippen LogP contribution in [0.25, 0.3) is 0 Å². The van der Waals surface area contributed by atoms with E-state index in [0.717, 1.165) is 0 Å². The maximum Gasteiger partial charge on any atom is 1.00 e. The van der Waals surface area contributed by atoms with Crippen LogP contribution in [0.1, 0.15) is 1.43 Å². The van der Waals surface area contributed by atoms with E-state index in [1.165, 1.54) is 48.5 Å². The van der Waals surface area contributed by atoms with E-state index in [4.69, 9.17) is 0 Å². The average Bonchev–Trinajstić information content (AvgIpc) is 2.37. The summed E-state index contributed by atoms with van der Waals surface area (Å²) in [4.78, 5) is -0.597. The van der Waals surface area contributed by atoms with Gasteiger partial charge in [-0.2, -0.15) is 0 Å². The SMILES string of the molecule is O=S1(=O)c2ccccc2S(=O)(=O)c2ccccc21.[H-].[Na+]. The summed E-state index contributed by atoms with van der Waals surface area (Å²) >= 11 is 0. The summed E-state index contributed by atoms with van der Waals surface area (Å²) in [5.74, 6) is 0. The van der Waals surface area contributed by atoms with Crippen molar-refractivity contribution in [1.29, 1.82) is 0 Å². The molecule has 3 rings (SSSR count). The Balaban J connectivity index is 0.000001000. The van der Waals surface area contributed by atoms with E-state index in [2.05, 4.69) is 0 Å². The van der Waals surface area contributed by atoms with Gasteiger partial charge in [0.1, 0.15) is 0 Å². The molecule has 0 saturated heterocycles. The molecule has 2 aromatic carbocycles. The van der Waals surface area contributed by atoms with Crippen molar-refractivity contribution in [3.05, 3.63) is 48.5 Å². The number of benzene rings is 2. The van der Waals surface area contributed by atoms with Crippen molar-refractivity contribution in [3.63, 3.8) is 0 Å². The minimum atomic E-state index is -3.75. The quantitative estimate of drug-likeness (QED) is 0.488. The van der Waals surface area contributed by atoms with Crippen LogP contribution in [0.5, 0.6) is 0 Å². The Hall–Kier alpha value is -0.660. The Bertz CT molecular complexity index is 729. The summed E-state index contributed by atoms with van der Waals surface area (Å²) in [7, 11) is -7.50. The van der Waals surface area contributed by atoms with Crippen LogP contribution >= 0.6 is 0 Å². The summed E-state index contributed by atoms with van der Waals surface area (Å²) in [5.41, 5.74) is 0. The van der Waals surface area contributed by atoms with Crippen molar-refractivity contribution in [1.82, 2.24) is 0 Å². The molecule has 7 heteroatoms. The van der Waals surface area contributed by atoms with Crippen LogP contribution < -0.4 is 29.6 Å². The van der Waals surface area contributed by atoms with Crippen molar-refractivity contribution in [3.8, 4) is 0 Å². The third kappa shape index (κ3) is 1.98. The van der Waals surface area contributed by atoms with E-state index in [9.17, 15) is 16.8 Å². The molecule has 19 heavy (non-hydrogen) atoms. The van der Waals surface area contributed by atoms with Gasteiger partial charge in [-0.15, -0.1) is 0 Å². The summed E-state index contributed by atoms with van der Waals surface area (Å²) in [6.07, 6.45) is 0. The van der Waals surface area contributed by atoms with Crippen LogP contribution in [0.2, 0.25) is 0 Å². The van der Waals surface area contributed by atoms with Gasteiger partial charge in [-0.25, -0.2) is 16.8 Å². The standard InChI is InChI=1S/C12H8O4S2.Na.H/c13-17(14)9-5-1-2-6-10(9)18(15,16)12-8-4-3-7-11(12)17;;/h1-8H;;/q;+1;-1. The van der Waals surface area contributed by atoms with Crippen molar-refractivity contribution in [2.75, 3.05) is 0 Å². The molecule has 1 aliphatic rings. The van der Waals surface area contributed by atoms with Gasteiger partial charge < -0.3 is 1.43 Å². The molecule has 0 radical (unpaired) electrons. The van der Waals surface area contributed by atoms with Crippen LogP contribution in [0.3, 0.4) is 0 Å². The molecular formula is C12H9NaO4S2. The van der Waals surface area contributed by atoms with Crippen molar-refractivity contribution in [2.24, 2.45) is 0 Å². The molecule has 4 nitrogen and oxygen atoms in total. The summed E-state index contributed by atoms with van der Waals surface area (Å²) < 4.78 is 49.3. The number of fused-ring (bicyclic) bond motifs is 2. The molecule has 1 aliphatic heterocycles. The molecule has 2 aromatic rings. The topological polar surface area (TPSA) is 68.3 Å². The number of hydrogen-bond acceptors (Lipinski definition) is 4. The van der Waals surface area contributed by atoms with E-state index in [-0.39, 0.29) is 50.6 Å². The zero-order valence-electron chi connectivity index (χ0n) is 11.1. The average molecular weight is 304 g/mol. The van der Waals surface area contributed by atoms with Gasteiger partial charge in [0.25, 0.3) is 0 Å². The summed E-state index contributed by atoms with van der Waals surface area (Å²) in [6, 6.07) is 11.3. The molecule has 0 atom stereocenters. The van der Waals surface area contributed by atoms with E-state index in [1.54, 1.807) is 0 Å². The zero-order chi connectivity index (χ0) is 13.0. The summed E-state index contributed by atoms with van der Waals surface area (Å²) in [5, 5.41) is 0. The molecule has 0 fully saturated rings. The van der Waals surface area contributed by atoms with Crippen LogP contribution in [-0.2, 0) is 19.7 Å². The van der Waals surface area contributed by atoms with Crippen molar-refractivity contribution in [2.45, 2.75) is 19.6 Å². The van der Waals surface area contributed by atoms with Gasteiger partial charge in [-0.1, -0.05) is 24.3 Å². The van der Waals surface area contributed by atoms with E-state index >= 15 is 0 Å². The fourth-order valence-electron chi connectivity index (χ4n) is 2.03. The smallest absolute Gasteiger partial charge is 1.00 e. The monoisotopic (exact) mass is 304 g/mol. The fraction of sp³-hybridized carbons (Fsp3) is 0. The normalized spacial score (nSPS) is 17.7. The van der Waals surface area contributed by atoms with Crippen molar-refractivity contribution >= 4 is 19.7 Å². The second-order valence-corrected chi connectivity index (χ2v) is 7.67. The fourth-order valence-corrected chi connectivity index (χ4v) is 6.18. The molecule has 0 spiro atoms. The number of rotatable bonds is 0. The first-order valence-electron chi connectivity index (χ1n) is 5.14. The minimum absolute atomic E-state index is 0. The molecule has 0 aliphatic carbocycles. The van der Waals surface area contributed by atoms with Crippen LogP contribution in [-0.4, -0.2) is 16.8 Å².